The third-order valence-electron chi connectivity index (χ3n) is 26.0. The lowest BCUT2D eigenvalue weighted by Crippen LogP contribution is -1.93. The Bertz CT molecular complexity index is 1260. The van der Waals surface area contributed by atoms with E-state index in [2.05, 4.69) is 20.8 Å². The molecule has 0 N–H and O–H groups in total. The second-order valence-corrected chi connectivity index (χ2v) is 30.9. The summed E-state index contributed by atoms with van der Waals surface area (Å²) in [6.45, 7) is 7.10. The van der Waals surface area contributed by atoms with Crippen molar-refractivity contribution in [3.8, 4) is 0 Å². The van der Waals surface area contributed by atoms with Crippen molar-refractivity contribution in [3.05, 3.63) is 0 Å². The molecule has 0 aromatic rings. The molecule has 0 amide bonds. The van der Waals surface area contributed by atoms with Crippen LogP contribution < -0.4 is 0 Å². The maximum Gasteiger partial charge on any atom is -0.0352 e. The number of hydrogen-bond acceptors (Lipinski definition) is 0. The lowest BCUT2D eigenvalue weighted by atomic mass is 10.0. The van der Waals surface area contributed by atoms with Crippen LogP contribution in [0.4, 0.5) is 0 Å². The summed E-state index contributed by atoms with van der Waals surface area (Å²) in [5.41, 5.74) is 0. The van der Waals surface area contributed by atoms with Gasteiger partial charge in [-0.2, -0.15) is 0 Å². The molecule has 22 rings (SSSR count). The molecule has 0 nitrogen and oxygen atoms in total. The van der Waals surface area contributed by atoms with Gasteiger partial charge in [-0.1, -0.05) is 201 Å². The number of hydrogen-bond donors (Lipinski definition) is 0. The number of fused-ring (bicyclic) bond motifs is 11. The van der Waals surface area contributed by atoms with Gasteiger partial charge in [-0.25, -0.2) is 0 Å². The lowest BCUT2D eigenvalue weighted by Gasteiger charge is -2.05. The smallest absolute Gasteiger partial charge is 0.0352 e. The standard InChI is InChI=1S/4C7H12.6C6H10.C5H8/c4*1-2-4-7-5-6(7)3-1;2*1-4-5-2-3-6(4)5;4*1-2-5-4-6(5)3-1;1-3-4-2-5(3)4/h4*6-7H,1-5H2;2*4-6H,2-3H2,1H3;4*5-6H,1-4H2;3-5H,2H2,1H3. The largest absolute Gasteiger partial charge is 0.0620 e. The van der Waals surface area contributed by atoms with Crippen molar-refractivity contribution in [1.82, 2.24) is 0 Å². The maximum atomic E-state index is 2.38. The second-order valence-electron chi connectivity index (χ2n) is 30.9. The molecule has 0 radical (unpaired) electrons. The molecule has 0 heterocycles. The minimum absolute atomic E-state index is 1.13. The topological polar surface area (TPSA) is 0 Å². The predicted octanol–water partition coefficient (Wildman–Crippen LogP) is 20.6. The van der Waals surface area contributed by atoms with Crippen LogP contribution in [0, 0.1) is 148 Å². The molecule has 392 valence electrons. The Kier molecular flexibility index (Phi) is 16.4. The first-order valence-electron chi connectivity index (χ1n) is 33.9. The molecule has 22 saturated carbocycles. The monoisotopic (exact) mass is 945 g/mol. The van der Waals surface area contributed by atoms with Crippen molar-refractivity contribution in [2.45, 2.75) is 284 Å². The molecule has 22 fully saturated rings. The fourth-order valence-electron chi connectivity index (χ4n) is 18.5. The zero-order valence-corrected chi connectivity index (χ0v) is 46.4. The van der Waals surface area contributed by atoms with Gasteiger partial charge < -0.3 is 0 Å². The van der Waals surface area contributed by atoms with Gasteiger partial charge in [-0.15, -0.1) is 0 Å². The van der Waals surface area contributed by atoms with Crippen LogP contribution in [-0.4, -0.2) is 0 Å². The Morgan fingerprint density at radius 1 is 0.145 bits per heavy atom. The fourth-order valence-corrected chi connectivity index (χ4v) is 18.5. The van der Waals surface area contributed by atoms with Gasteiger partial charge in [0.05, 0.1) is 0 Å². The summed E-state index contributed by atoms with van der Waals surface area (Å²) in [6, 6.07) is 0. The zero-order chi connectivity index (χ0) is 46.4. The molecule has 0 aromatic carbocycles. The zero-order valence-electron chi connectivity index (χ0n) is 46.4. The highest BCUT2D eigenvalue weighted by molar-refractivity contribution is 5.09. The van der Waals surface area contributed by atoms with Crippen LogP contribution in [0.5, 0.6) is 0 Å². The summed E-state index contributed by atoms with van der Waals surface area (Å²) in [6.07, 6.45) is 63.8. The van der Waals surface area contributed by atoms with Crippen LogP contribution in [0.25, 0.3) is 0 Å². The Hall–Kier alpha value is 0. The van der Waals surface area contributed by atoms with E-state index in [-0.39, 0.29) is 0 Å². The highest BCUT2D eigenvalue weighted by atomic mass is 14.7. The van der Waals surface area contributed by atoms with E-state index in [1.807, 2.05) is 0 Å². The average molecular weight is 946 g/mol. The number of rotatable bonds is 0. The van der Waals surface area contributed by atoms with Crippen molar-refractivity contribution in [2.24, 2.45) is 148 Å². The van der Waals surface area contributed by atoms with Gasteiger partial charge in [0.2, 0.25) is 0 Å². The van der Waals surface area contributed by atoms with Gasteiger partial charge in [-0.05, 0) is 231 Å². The van der Waals surface area contributed by atoms with Gasteiger partial charge in [0.25, 0.3) is 0 Å². The van der Waals surface area contributed by atoms with E-state index in [1.54, 1.807) is 186 Å². The molecular formula is C69H116. The minimum atomic E-state index is 1.13. The van der Waals surface area contributed by atoms with Crippen molar-refractivity contribution in [3.63, 3.8) is 0 Å². The van der Waals surface area contributed by atoms with Gasteiger partial charge in [0, 0.05) is 0 Å². The second kappa shape index (κ2) is 22.7. The van der Waals surface area contributed by atoms with Crippen LogP contribution >= 0.6 is 0 Å². The van der Waals surface area contributed by atoms with Gasteiger partial charge >= 0.3 is 0 Å². The SMILES string of the molecule is C1CC2CC2C1.C1CC2CC2C1.C1CC2CC2C1.C1CC2CC2C1.C1CCC2CC2C1.C1CCC2CC2C1.C1CCC2CC2C1.C1CCC2CC2C1.CC1C2CC12.CC1C2CCC12.CC1C2CCC12. The van der Waals surface area contributed by atoms with Gasteiger partial charge in [0.1, 0.15) is 0 Å². The predicted molar refractivity (Wildman–Crippen MR) is 294 cm³/mol. The summed E-state index contributed by atoms with van der Waals surface area (Å²) >= 11 is 0. The van der Waals surface area contributed by atoms with E-state index in [1.165, 1.54) is 207 Å². The van der Waals surface area contributed by atoms with Crippen molar-refractivity contribution < 1.29 is 0 Å². The molecule has 0 aromatic heterocycles. The van der Waals surface area contributed by atoms with Crippen molar-refractivity contribution in [2.75, 3.05) is 0 Å². The Labute approximate surface area is 429 Å². The highest BCUT2D eigenvalue weighted by Crippen LogP contribution is 2.67. The van der Waals surface area contributed by atoms with E-state index in [0.29, 0.717) is 0 Å². The van der Waals surface area contributed by atoms with E-state index in [0.717, 1.165) is 17.8 Å². The van der Waals surface area contributed by atoms with Crippen LogP contribution in [-0.2, 0) is 0 Å². The first-order chi connectivity index (χ1) is 33.9. The van der Waals surface area contributed by atoms with Crippen LogP contribution in [0.15, 0.2) is 0 Å². The Morgan fingerprint density at radius 2 is 0.290 bits per heavy atom. The third kappa shape index (κ3) is 14.7. The minimum Gasteiger partial charge on any atom is -0.0620 e. The Balaban J connectivity index is 0.0000000786. The van der Waals surface area contributed by atoms with Gasteiger partial charge in [-0.3, -0.25) is 0 Å². The molecule has 0 saturated heterocycles. The molecule has 69 heavy (non-hydrogen) atoms. The van der Waals surface area contributed by atoms with Crippen LogP contribution in [0.3, 0.4) is 0 Å². The first kappa shape index (κ1) is 49.9. The molecular weight excluding hydrogens is 829 g/mol. The summed E-state index contributed by atoms with van der Waals surface area (Å²) in [5, 5.41) is 0. The Morgan fingerprint density at radius 3 is 0.348 bits per heavy atom. The summed E-state index contributed by atoms with van der Waals surface area (Å²) in [7, 11) is 0. The molecule has 22 aliphatic rings. The average Bonchev–Trinajstić information content (AvgIpc) is 4.17. The van der Waals surface area contributed by atoms with Gasteiger partial charge in [0.15, 0.2) is 0 Å². The third-order valence-corrected chi connectivity index (χ3v) is 26.0. The molecule has 0 bridgehead atoms. The highest BCUT2D eigenvalue weighted by Gasteiger charge is 2.61. The molecule has 22 atom stereocenters. The summed E-state index contributed by atoms with van der Waals surface area (Å²) in [4.78, 5) is 0. The molecule has 0 aliphatic heterocycles. The molecule has 0 heteroatoms. The van der Waals surface area contributed by atoms with Crippen LogP contribution in [0.1, 0.15) is 284 Å². The van der Waals surface area contributed by atoms with Crippen molar-refractivity contribution in [1.29, 1.82) is 0 Å². The van der Waals surface area contributed by atoms with E-state index in [9.17, 15) is 0 Å². The molecule has 22 aliphatic carbocycles. The maximum absolute atomic E-state index is 2.38. The lowest BCUT2D eigenvalue weighted by molar-refractivity contribution is 0.468. The quantitative estimate of drug-likeness (QED) is 0.227. The van der Waals surface area contributed by atoms with E-state index >= 15 is 0 Å². The normalized spacial score (nSPS) is 53.5. The van der Waals surface area contributed by atoms with Crippen LogP contribution in [0.2, 0.25) is 0 Å². The summed E-state index contributed by atoms with van der Waals surface area (Å²) < 4.78 is 0. The molecule has 0 spiro atoms. The molecule has 22 unspecified atom stereocenters. The van der Waals surface area contributed by atoms with Crippen molar-refractivity contribution >= 4 is 0 Å². The van der Waals surface area contributed by atoms with E-state index in [4.69, 9.17) is 0 Å². The fraction of sp³-hybridized carbons (Fsp3) is 1.00. The first-order valence-corrected chi connectivity index (χ1v) is 33.9. The summed E-state index contributed by atoms with van der Waals surface area (Å²) in [5.74, 6) is 30.0. The van der Waals surface area contributed by atoms with E-state index < -0.39 is 0 Å².